The Labute approximate surface area is 193 Å². The Morgan fingerprint density at radius 3 is 2.91 bits per heavy atom. The van der Waals surface area contributed by atoms with Crippen molar-refractivity contribution in [3.63, 3.8) is 0 Å². The molecule has 0 bridgehead atoms. The van der Waals surface area contributed by atoms with Crippen molar-refractivity contribution in [1.29, 1.82) is 5.26 Å². The van der Waals surface area contributed by atoms with Crippen LogP contribution in [-0.4, -0.2) is 54.3 Å². The second-order valence-electron chi connectivity index (χ2n) is 9.42. The number of fused-ring (bicyclic) bond motifs is 4. The zero-order valence-electron chi connectivity index (χ0n) is 18.6. The number of hydrogen-bond donors (Lipinski definition) is 2. The van der Waals surface area contributed by atoms with Gasteiger partial charge in [0.15, 0.2) is 0 Å². The van der Waals surface area contributed by atoms with Crippen LogP contribution in [0.3, 0.4) is 0 Å². The van der Waals surface area contributed by atoms with E-state index >= 15 is 0 Å². The zero-order chi connectivity index (χ0) is 22.5. The number of alkyl halides is 1. The van der Waals surface area contributed by atoms with Gasteiger partial charge in [0.2, 0.25) is 0 Å². The summed E-state index contributed by atoms with van der Waals surface area (Å²) in [7, 11) is 0. The van der Waals surface area contributed by atoms with Crippen LogP contribution in [0.5, 0.6) is 0 Å². The van der Waals surface area contributed by atoms with E-state index in [1.54, 1.807) is 6.20 Å². The molecule has 0 spiro atoms. The second-order valence-corrected chi connectivity index (χ2v) is 9.42. The summed E-state index contributed by atoms with van der Waals surface area (Å²) in [4.78, 5) is 9.50. The number of nitrogens with one attached hydrogen (secondary N) is 2. The van der Waals surface area contributed by atoms with Crippen LogP contribution in [0.2, 0.25) is 0 Å². The first-order chi connectivity index (χ1) is 16.1. The SMILES string of the molecule is C[C@@H]1CN(c2ccc(C#N)c3ncccc23)C[C@@H]2c3ccc(NC4CNC[C@H]4F)cc3CN12. The number of nitrogens with zero attached hydrogens (tertiary/aromatic N) is 4. The van der Waals surface area contributed by atoms with E-state index in [2.05, 4.69) is 68.7 Å². The molecule has 33 heavy (non-hydrogen) atoms. The summed E-state index contributed by atoms with van der Waals surface area (Å²) in [5, 5.41) is 17.0. The minimum absolute atomic E-state index is 0.167. The molecule has 2 fully saturated rings. The van der Waals surface area contributed by atoms with E-state index in [-0.39, 0.29) is 6.04 Å². The maximum atomic E-state index is 14.0. The van der Waals surface area contributed by atoms with Crippen LogP contribution >= 0.6 is 0 Å². The summed E-state index contributed by atoms with van der Waals surface area (Å²) < 4.78 is 14.0. The average Bonchev–Trinajstić information content (AvgIpc) is 3.41. The Hall–Kier alpha value is -3.21. The minimum Gasteiger partial charge on any atom is -0.378 e. The first kappa shape index (κ1) is 20.4. The smallest absolute Gasteiger partial charge is 0.134 e. The van der Waals surface area contributed by atoms with Gasteiger partial charge in [0.1, 0.15) is 12.2 Å². The van der Waals surface area contributed by atoms with E-state index in [1.807, 2.05) is 12.1 Å². The van der Waals surface area contributed by atoms with E-state index in [4.69, 9.17) is 0 Å². The molecule has 7 heteroatoms. The summed E-state index contributed by atoms with van der Waals surface area (Å²) in [6, 6.07) is 17.3. The molecular weight excluding hydrogens is 415 g/mol. The van der Waals surface area contributed by atoms with E-state index in [9.17, 15) is 9.65 Å². The third-order valence-electron chi connectivity index (χ3n) is 7.40. The van der Waals surface area contributed by atoms with Crippen LogP contribution in [0, 0.1) is 11.3 Å². The number of benzene rings is 2. The van der Waals surface area contributed by atoms with Crippen LogP contribution in [-0.2, 0) is 6.54 Å². The van der Waals surface area contributed by atoms with Crippen molar-refractivity contribution in [2.45, 2.75) is 37.8 Å². The quantitative estimate of drug-likeness (QED) is 0.646. The van der Waals surface area contributed by atoms with E-state index in [0.29, 0.717) is 30.7 Å². The fourth-order valence-corrected chi connectivity index (χ4v) is 5.74. The van der Waals surface area contributed by atoms with Gasteiger partial charge in [-0.3, -0.25) is 9.88 Å². The predicted octanol–water partition coefficient (Wildman–Crippen LogP) is 3.59. The first-order valence-electron chi connectivity index (χ1n) is 11.6. The molecule has 6 nitrogen and oxygen atoms in total. The van der Waals surface area contributed by atoms with Gasteiger partial charge < -0.3 is 15.5 Å². The van der Waals surface area contributed by atoms with Gasteiger partial charge in [-0.25, -0.2) is 4.39 Å². The molecule has 2 aromatic carbocycles. The van der Waals surface area contributed by atoms with Crippen molar-refractivity contribution in [3.05, 3.63) is 65.4 Å². The second kappa shape index (κ2) is 7.98. The third-order valence-corrected chi connectivity index (χ3v) is 7.40. The zero-order valence-corrected chi connectivity index (χ0v) is 18.6. The number of rotatable bonds is 3. The number of pyridine rings is 1. The molecule has 4 atom stereocenters. The highest BCUT2D eigenvalue weighted by atomic mass is 19.1. The fraction of sp³-hybridized carbons (Fsp3) is 0.385. The molecule has 3 aliphatic rings. The Kier molecular flexibility index (Phi) is 4.93. The molecule has 0 radical (unpaired) electrons. The topological polar surface area (TPSA) is 67.2 Å². The van der Waals surface area contributed by atoms with E-state index in [0.717, 1.165) is 41.9 Å². The van der Waals surface area contributed by atoms with Gasteiger partial charge in [-0.15, -0.1) is 0 Å². The highest BCUT2D eigenvalue weighted by molar-refractivity contribution is 5.95. The highest BCUT2D eigenvalue weighted by Gasteiger charge is 2.39. The Morgan fingerprint density at radius 2 is 2.09 bits per heavy atom. The van der Waals surface area contributed by atoms with Crippen molar-refractivity contribution in [1.82, 2.24) is 15.2 Å². The van der Waals surface area contributed by atoms with Crippen LogP contribution in [0.4, 0.5) is 15.8 Å². The molecular formula is C26H27FN6. The van der Waals surface area contributed by atoms with Crippen LogP contribution in [0.1, 0.15) is 29.7 Å². The maximum Gasteiger partial charge on any atom is 0.134 e. The van der Waals surface area contributed by atoms with Crippen LogP contribution < -0.4 is 15.5 Å². The molecule has 3 aliphatic heterocycles. The molecule has 2 saturated heterocycles. The van der Waals surface area contributed by atoms with Gasteiger partial charge in [0, 0.05) is 61.7 Å². The van der Waals surface area contributed by atoms with Gasteiger partial charge in [-0.05, 0) is 54.4 Å². The van der Waals surface area contributed by atoms with Gasteiger partial charge in [-0.2, -0.15) is 5.26 Å². The molecule has 4 heterocycles. The van der Waals surface area contributed by atoms with Crippen molar-refractivity contribution in [2.75, 3.05) is 36.4 Å². The van der Waals surface area contributed by atoms with Gasteiger partial charge in [0.05, 0.1) is 23.2 Å². The number of nitriles is 1. The largest absolute Gasteiger partial charge is 0.378 e. The summed E-state index contributed by atoms with van der Waals surface area (Å²) >= 11 is 0. The number of hydrogen-bond acceptors (Lipinski definition) is 6. The minimum atomic E-state index is -0.852. The lowest BCUT2D eigenvalue weighted by molar-refractivity contribution is 0.134. The molecule has 1 unspecified atom stereocenters. The molecule has 168 valence electrons. The molecule has 0 saturated carbocycles. The molecule has 6 rings (SSSR count). The Bertz CT molecular complexity index is 1250. The van der Waals surface area contributed by atoms with E-state index in [1.165, 1.54) is 11.1 Å². The Balaban J connectivity index is 1.30. The molecule has 1 aromatic heterocycles. The lowest BCUT2D eigenvalue weighted by Crippen LogP contribution is -2.51. The summed E-state index contributed by atoms with van der Waals surface area (Å²) in [6.45, 7) is 6.09. The monoisotopic (exact) mass is 442 g/mol. The average molecular weight is 443 g/mol. The molecule has 2 N–H and O–H groups in total. The van der Waals surface area contributed by atoms with Gasteiger partial charge in [0.25, 0.3) is 0 Å². The van der Waals surface area contributed by atoms with Crippen molar-refractivity contribution in [2.24, 2.45) is 0 Å². The maximum absolute atomic E-state index is 14.0. The van der Waals surface area contributed by atoms with Gasteiger partial charge >= 0.3 is 0 Å². The van der Waals surface area contributed by atoms with E-state index < -0.39 is 6.17 Å². The lowest BCUT2D eigenvalue weighted by atomic mass is 9.99. The fourth-order valence-electron chi connectivity index (χ4n) is 5.74. The number of anilines is 2. The van der Waals surface area contributed by atoms with Crippen molar-refractivity contribution in [3.8, 4) is 6.07 Å². The third kappa shape index (κ3) is 3.41. The summed E-state index contributed by atoms with van der Waals surface area (Å²) in [5.74, 6) is 0. The van der Waals surface area contributed by atoms with Crippen LogP contribution in [0.25, 0.3) is 10.9 Å². The molecule has 0 amide bonds. The van der Waals surface area contributed by atoms with Crippen molar-refractivity contribution < 1.29 is 4.39 Å². The number of piperazine rings is 1. The standard InChI is InChI=1S/C26H27FN6/c1-16-13-32(24-7-4-17(10-28)26-21(24)3-2-8-30-26)15-25-20-6-5-19(9-18(20)14-33(16)25)31-23-12-29-11-22(23)27/h2-9,16,22-23,25,29,31H,11-15H2,1H3/t16-,22-,23?,25-/m1/s1. The van der Waals surface area contributed by atoms with Crippen molar-refractivity contribution >= 4 is 22.3 Å². The molecule has 0 aliphatic carbocycles. The Morgan fingerprint density at radius 1 is 1.18 bits per heavy atom. The summed E-state index contributed by atoms with van der Waals surface area (Å²) in [6.07, 6.45) is 0.897. The first-order valence-corrected chi connectivity index (χ1v) is 11.6. The van der Waals surface area contributed by atoms with Gasteiger partial charge in [-0.1, -0.05) is 6.07 Å². The molecule has 3 aromatic rings. The number of halogens is 1. The normalized spacial score (nSPS) is 26.8. The number of aromatic nitrogens is 1. The predicted molar refractivity (Wildman–Crippen MR) is 128 cm³/mol. The summed E-state index contributed by atoms with van der Waals surface area (Å²) in [5.41, 5.74) is 6.19. The van der Waals surface area contributed by atoms with Crippen LogP contribution in [0.15, 0.2) is 48.7 Å². The highest BCUT2D eigenvalue weighted by Crippen LogP contribution is 2.42. The lowest BCUT2D eigenvalue weighted by Gasteiger charge is -2.43.